The highest BCUT2D eigenvalue weighted by atomic mass is 16.5. The summed E-state index contributed by atoms with van der Waals surface area (Å²) in [6.07, 6.45) is 13.3. The summed E-state index contributed by atoms with van der Waals surface area (Å²) in [5.41, 5.74) is 18.0. The van der Waals surface area contributed by atoms with Crippen LogP contribution in [0.4, 0.5) is 0 Å². The average molecular weight is 879 g/mol. The molecule has 0 bridgehead atoms. The molecule has 0 aliphatic heterocycles. The quantitative estimate of drug-likeness (QED) is 0.0901. The van der Waals surface area contributed by atoms with Crippen LogP contribution >= 0.6 is 0 Å². The Bertz CT molecular complexity index is 2880. The van der Waals surface area contributed by atoms with Crippen molar-refractivity contribution in [2.75, 3.05) is 13.2 Å². The molecule has 0 unspecified atom stereocenters. The van der Waals surface area contributed by atoms with Gasteiger partial charge in [-0.2, -0.15) is 0 Å². The molecule has 9 rings (SSSR count). The Hall–Kier alpha value is -8.46. The van der Waals surface area contributed by atoms with Crippen molar-refractivity contribution < 1.29 is 9.47 Å². The Morgan fingerprint density at radius 2 is 0.603 bits per heavy atom. The van der Waals surface area contributed by atoms with Gasteiger partial charge in [0.25, 0.3) is 0 Å². The van der Waals surface area contributed by atoms with E-state index in [1.165, 1.54) is 33.4 Å². The molecule has 0 heterocycles. The molecule has 0 N–H and O–H groups in total. The lowest BCUT2D eigenvalue weighted by Crippen LogP contribution is -2.00. The van der Waals surface area contributed by atoms with E-state index < -0.39 is 0 Å². The molecule has 0 radical (unpaired) electrons. The second kappa shape index (κ2) is 22.2. The minimum Gasteiger partial charge on any atom is -0.493 e. The maximum Gasteiger partial charge on any atom is 0.128 e. The molecule has 68 heavy (non-hydrogen) atoms. The Morgan fingerprint density at radius 1 is 0.309 bits per heavy atom. The largest absolute Gasteiger partial charge is 0.493 e. The van der Waals surface area contributed by atoms with Gasteiger partial charge in [0.05, 0.1) is 13.2 Å². The number of hydrogen-bond donors (Lipinski definition) is 0. The van der Waals surface area contributed by atoms with E-state index in [9.17, 15) is 0 Å². The Balaban J connectivity index is 0.991. The first-order valence-corrected chi connectivity index (χ1v) is 23.5. The van der Waals surface area contributed by atoms with Crippen molar-refractivity contribution in [2.45, 2.75) is 13.8 Å². The lowest BCUT2D eigenvalue weighted by atomic mass is 9.92. The molecular formula is C66H54O2. The fourth-order valence-corrected chi connectivity index (χ4v) is 8.56. The predicted molar refractivity (Wildman–Crippen MR) is 290 cm³/mol. The van der Waals surface area contributed by atoms with Crippen molar-refractivity contribution in [3.63, 3.8) is 0 Å². The molecule has 0 amide bonds. The molecule has 0 fully saturated rings. The molecule has 0 aliphatic rings. The standard InChI is InChI=1S/C66H54O2/c1-3-67-65-47-64(60-32-20-18-30-58(60)44-42-50-35-39-52(40-36-50)46-62(55-25-13-7-14-26-55)56-27-15-8-16-28-56)66(68-4-2)48-63(65)59-31-19-17-29-57(59)43-41-49-33-37-51(38-34-49)45-61(53-21-9-5-10-22-53)54-23-11-6-12-24-54/h5-48H,3-4H2,1-2H3/b43-41-,44-42?. The van der Waals surface area contributed by atoms with Gasteiger partial charge >= 0.3 is 0 Å². The molecule has 9 aromatic rings. The predicted octanol–water partition coefficient (Wildman–Crippen LogP) is 17.3. The molecule has 0 spiro atoms. The maximum atomic E-state index is 6.47. The van der Waals surface area contributed by atoms with Crippen LogP contribution in [-0.4, -0.2) is 13.2 Å². The van der Waals surface area contributed by atoms with Crippen molar-refractivity contribution in [3.05, 3.63) is 286 Å². The Labute approximate surface area is 402 Å². The normalized spacial score (nSPS) is 11.1. The van der Waals surface area contributed by atoms with Gasteiger partial charge in [0.15, 0.2) is 0 Å². The minimum absolute atomic E-state index is 0.528. The van der Waals surface area contributed by atoms with Gasteiger partial charge in [0, 0.05) is 11.1 Å². The van der Waals surface area contributed by atoms with Crippen LogP contribution in [0.25, 0.3) is 69.9 Å². The monoisotopic (exact) mass is 878 g/mol. The van der Waals surface area contributed by atoms with Crippen molar-refractivity contribution in [3.8, 4) is 33.8 Å². The van der Waals surface area contributed by atoms with Crippen LogP contribution in [0.1, 0.15) is 69.5 Å². The van der Waals surface area contributed by atoms with E-state index in [1.54, 1.807) is 0 Å². The second-order valence-electron chi connectivity index (χ2n) is 16.5. The molecule has 0 atom stereocenters. The highest BCUT2D eigenvalue weighted by molar-refractivity contribution is 5.94. The summed E-state index contributed by atoms with van der Waals surface area (Å²) in [5, 5.41) is 0. The van der Waals surface area contributed by atoms with Crippen molar-refractivity contribution in [2.24, 2.45) is 0 Å². The first-order chi connectivity index (χ1) is 33.6. The van der Waals surface area contributed by atoms with E-state index in [-0.39, 0.29) is 0 Å². The van der Waals surface area contributed by atoms with Crippen LogP contribution in [0.3, 0.4) is 0 Å². The van der Waals surface area contributed by atoms with E-state index in [4.69, 9.17) is 9.47 Å². The molecule has 0 aliphatic carbocycles. The van der Waals surface area contributed by atoms with Crippen LogP contribution in [-0.2, 0) is 0 Å². The van der Waals surface area contributed by atoms with Gasteiger partial charge in [-0.15, -0.1) is 0 Å². The number of benzene rings is 9. The van der Waals surface area contributed by atoms with E-state index in [2.05, 4.69) is 267 Å². The third kappa shape index (κ3) is 11.0. The zero-order valence-electron chi connectivity index (χ0n) is 38.6. The average Bonchev–Trinajstić information content (AvgIpc) is 3.40. The Kier molecular flexibility index (Phi) is 14.6. The summed E-state index contributed by atoms with van der Waals surface area (Å²) in [4.78, 5) is 0. The van der Waals surface area contributed by atoms with Crippen molar-refractivity contribution >= 4 is 47.6 Å². The van der Waals surface area contributed by atoms with E-state index >= 15 is 0 Å². The molecule has 0 saturated heterocycles. The summed E-state index contributed by atoms with van der Waals surface area (Å²) < 4.78 is 12.9. The lowest BCUT2D eigenvalue weighted by Gasteiger charge is -2.19. The summed E-state index contributed by atoms with van der Waals surface area (Å²) in [7, 11) is 0. The summed E-state index contributed by atoms with van der Waals surface area (Å²) in [5.74, 6) is 1.62. The molecule has 0 saturated carbocycles. The van der Waals surface area contributed by atoms with Gasteiger partial charge in [-0.3, -0.25) is 0 Å². The maximum absolute atomic E-state index is 6.47. The third-order valence-electron chi connectivity index (χ3n) is 11.9. The van der Waals surface area contributed by atoms with Crippen LogP contribution in [0.5, 0.6) is 11.5 Å². The van der Waals surface area contributed by atoms with Crippen molar-refractivity contribution in [1.29, 1.82) is 0 Å². The SMILES string of the molecule is CCOc1cc(-c2ccccc2/C=C\c2ccc(C=C(c3ccccc3)c3ccccc3)cc2)c(OCC)cc1-c1ccccc1C=Cc1ccc(C=C(c2ccccc2)c2ccccc2)cc1. The van der Waals surface area contributed by atoms with Gasteiger partial charge in [0.1, 0.15) is 11.5 Å². The van der Waals surface area contributed by atoms with Crippen LogP contribution in [0.15, 0.2) is 231 Å². The van der Waals surface area contributed by atoms with Crippen LogP contribution in [0.2, 0.25) is 0 Å². The molecular weight excluding hydrogens is 825 g/mol. The molecule has 2 nitrogen and oxygen atoms in total. The summed E-state index contributed by atoms with van der Waals surface area (Å²) in [6, 6.07) is 81.1. The van der Waals surface area contributed by atoms with E-state index in [1.807, 2.05) is 13.8 Å². The van der Waals surface area contributed by atoms with E-state index in [0.29, 0.717) is 13.2 Å². The number of rotatable bonds is 16. The Morgan fingerprint density at radius 3 is 0.926 bits per heavy atom. The number of ether oxygens (including phenoxy) is 2. The van der Waals surface area contributed by atoms with Gasteiger partial charge in [0.2, 0.25) is 0 Å². The zero-order valence-corrected chi connectivity index (χ0v) is 38.6. The van der Waals surface area contributed by atoms with Crippen LogP contribution < -0.4 is 9.47 Å². The van der Waals surface area contributed by atoms with Gasteiger partial charge in [-0.1, -0.05) is 243 Å². The molecule has 0 aromatic heterocycles. The fourth-order valence-electron chi connectivity index (χ4n) is 8.56. The molecule has 9 aromatic carbocycles. The van der Waals surface area contributed by atoms with Gasteiger partial charge in [-0.25, -0.2) is 0 Å². The van der Waals surface area contributed by atoms with E-state index in [0.717, 1.165) is 67.1 Å². The zero-order chi connectivity index (χ0) is 46.3. The van der Waals surface area contributed by atoms with Crippen molar-refractivity contribution in [1.82, 2.24) is 0 Å². The molecule has 330 valence electrons. The van der Waals surface area contributed by atoms with Gasteiger partial charge in [-0.05, 0) is 116 Å². The third-order valence-corrected chi connectivity index (χ3v) is 11.9. The highest BCUT2D eigenvalue weighted by Gasteiger charge is 2.18. The summed E-state index contributed by atoms with van der Waals surface area (Å²) >= 11 is 0. The lowest BCUT2D eigenvalue weighted by molar-refractivity contribution is 0.333. The first kappa shape index (κ1) is 44.7. The van der Waals surface area contributed by atoms with Gasteiger partial charge < -0.3 is 9.47 Å². The first-order valence-electron chi connectivity index (χ1n) is 23.5. The second-order valence-corrected chi connectivity index (χ2v) is 16.5. The molecule has 2 heteroatoms. The number of hydrogen-bond acceptors (Lipinski definition) is 2. The topological polar surface area (TPSA) is 18.5 Å². The minimum atomic E-state index is 0.528. The fraction of sp³-hybridized carbons (Fsp3) is 0.0606. The smallest absolute Gasteiger partial charge is 0.128 e. The van der Waals surface area contributed by atoms with Crippen LogP contribution in [0, 0.1) is 0 Å². The summed E-state index contributed by atoms with van der Waals surface area (Å²) in [6.45, 7) is 5.13. The highest BCUT2D eigenvalue weighted by Crippen LogP contribution is 2.44.